The standard InChI is InChI=1S/C28H26O6/c1-5-33-27-25-23-21(32-4)15-20(31-3)16-22(23)34-28(25,18-11-13-19(30-2)14-12-18)24(26(27)29)17-9-7-6-8-10-17/h6-16,24H,5H2,1-4H3/t24-,28+/m1/s1. The predicted molar refractivity (Wildman–Crippen MR) is 128 cm³/mol. The van der Waals surface area contributed by atoms with Crippen molar-refractivity contribution in [3.63, 3.8) is 0 Å². The van der Waals surface area contributed by atoms with E-state index in [-0.39, 0.29) is 5.78 Å². The van der Waals surface area contributed by atoms with Gasteiger partial charge in [-0.25, -0.2) is 0 Å². The summed E-state index contributed by atoms with van der Waals surface area (Å²) >= 11 is 0. The number of methoxy groups -OCH3 is 3. The molecule has 3 aromatic rings. The highest BCUT2D eigenvalue weighted by Crippen LogP contribution is 2.64. The second-order valence-corrected chi connectivity index (χ2v) is 8.11. The van der Waals surface area contributed by atoms with Crippen LogP contribution in [0.4, 0.5) is 0 Å². The van der Waals surface area contributed by atoms with Crippen molar-refractivity contribution < 1.29 is 28.5 Å². The molecule has 2 atom stereocenters. The van der Waals surface area contributed by atoms with E-state index >= 15 is 0 Å². The fourth-order valence-corrected chi connectivity index (χ4v) is 5.03. The highest BCUT2D eigenvalue weighted by atomic mass is 16.5. The Kier molecular flexibility index (Phi) is 5.44. The molecule has 0 amide bonds. The van der Waals surface area contributed by atoms with E-state index in [1.54, 1.807) is 27.4 Å². The summed E-state index contributed by atoms with van der Waals surface area (Å²) in [6, 6.07) is 20.9. The van der Waals surface area contributed by atoms with Crippen molar-refractivity contribution in [2.45, 2.75) is 18.4 Å². The summed E-state index contributed by atoms with van der Waals surface area (Å²) in [7, 11) is 4.81. The van der Waals surface area contributed by atoms with Gasteiger partial charge in [0, 0.05) is 17.7 Å². The third-order valence-corrected chi connectivity index (χ3v) is 6.45. The molecular weight excluding hydrogens is 432 g/mol. The summed E-state index contributed by atoms with van der Waals surface area (Å²) in [4.78, 5) is 14.0. The first-order valence-electron chi connectivity index (χ1n) is 11.2. The van der Waals surface area contributed by atoms with E-state index in [0.29, 0.717) is 46.5 Å². The van der Waals surface area contributed by atoms with Gasteiger partial charge in [-0.05, 0) is 24.6 Å². The van der Waals surface area contributed by atoms with E-state index in [1.165, 1.54) is 0 Å². The molecule has 1 heterocycles. The normalized spacial score (nSPS) is 20.5. The first-order chi connectivity index (χ1) is 16.6. The van der Waals surface area contributed by atoms with Crippen molar-refractivity contribution >= 4 is 11.4 Å². The Labute approximate surface area is 198 Å². The maximum absolute atomic E-state index is 14.0. The summed E-state index contributed by atoms with van der Waals surface area (Å²) in [6.45, 7) is 2.21. The van der Waals surface area contributed by atoms with E-state index in [0.717, 1.165) is 11.1 Å². The van der Waals surface area contributed by atoms with Crippen molar-refractivity contribution in [1.82, 2.24) is 0 Å². The lowest BCUT2D eigenvalue weighted by Gasteiger charge is -2.33. The van der Waals surface area contributed by atoms with Crippen LogP contribution in [0.1, 0.15) is 29.5 Å². The second kappa shape index (κ2) is 8.45. The fourth-order valence-electron chi connectivity index (χ4n) is 5.03. The Balaban J connectivity index is 1.85. The summed E-state index contributed by atoms with van der Waals surface area (Å²) in [5.74, 6) is 1.97. The Morgan fingerprint density at radius 3 is 2.21 bits per heavy atom. The van der Waals surface area contributed by atoms with E-state index in [9.17, 15) is 4.79 Å². The van der Waals surface area contributed by atoms with Gasteiger partial charge in [-0.1, -0.05) is 42.5 Å². The van der Waals surface area contributed by atoms with Crippen LogP contribution in [-0.4, -0.2) is 33.7 Å². The number of ketones is 1. The van der Waals surface area contributed by atoms with Gasteiger partial charge in [-0.3, -0.25) is 4.79 Å². The minimum absolute atomic E-state index is 0.123. The topological polar surface area (TPSA) is 63.2 Å². The Hall–Kier alpha value is -3.93. The van der Waals surface area contributed by atoms with E-state index in [4.69, 9.17) is 23.7 Å². The number of Topliss-reactive ketones (excluding diaryl/α,β-unsaturated/α-hetero) is 1. The molecule has 3 aromatic carbocycles. The largest absolute Gasteiger partial charge is 0.497 e. The van der Waals surface area contributed by atoms with Gasteiger partial charge in [0.15, 0.2) is 11.4 Å². The van der Waals surface area contributed by atoms with Gasteiger partial charge >= 0.3 is 0 Å². The molecule has 0 radical (unpaired) electrons. The molecule has 2 aliphatic rings. The molecule has 34 heavy (non-hydrogen) atoms. The zero-order chi connectivity index (χ0) is 23.9. The highest BCUT2D eigenvalue weighted by molar-refractivity contribution is 6.15. The Morgan fingerprint density at radius 2 is 1.59 bits per heavy atom. The second-order valence-electron chi connectivity index (χ2n) is 8.11. The van der Waals surface area contributed by atoms with Gasteiger partial charge in [-0.15, -0.1) is 0 Å². The fraction of sp³-hybridized carbons (Fsp3) is 0.250. The number of ether oxygens (including phenoxy) is 5. The maximum atomic E-state index is 14.0. The summed E-state index contributed by atoms with van der Waals surface area (Å²) < 4.78 is 29.5. The lowest BCUT2D eigenvalue weighted by Crippen LogP contribution is -2.37. The number of allylic oxidation sites excluding steroid dienone is 1. The average Bonchev–Trinajstić information content (AvgIpc) is 3.33. The summed E-state index contributed by atoms with van der Waals surface area (Å²) in [6.07, 6.45) is 0. The molecule has 0 spiro atoms. The molecule has 6 heteroatoms. The molecule has 0 unspecified atom stereocenters. The molecule has 1 aliphatic carbocycles. The van der Waals surface area contributed by atoms with Crippen LogP contribution in [0.3, 0.4) is 0 Å². The third-order valence-electron chi connectivity index (χ3n) is 6.45. The Morgan fingerprint density at radius 1 is 0.882 bits per heavy atom. The molecule has 0 fully saturated rings. The molecular formula is C28H26O6. The summed E-state index contributed by atoms with van der Waals surface area (Å²) in [5, 5.41) is 0. The number of carbonyl (C=O) groups is 1. The first kappa shape index (κ1) is 21.9. The van der Waals surface area contributed by atoms with Crippen LogP contribution in [0.25, 0.3) is 5.57 Å². The van der Waals surface area contributed by atoms with Crippen molar-refractivity contribution in [2.75, 3.05) is 27.9 Å². The van der Waals surface area contributed by atoms with Crippen LogP contribution in [0, 0.1) is 0 Å². The number of hydrogen-bond donors (Lipinski definition) is 0. The van der Waals surface area contributed by atoms with Crippen LogP contribution in [0.5, 0.6) is 23.0 Å². The van der Waals surface area contributed by atoms with Gasteiger partial charge in [0.05, 0.1) is 45.0 Å². The van der Waals surface area contributed by atoms with Crippen LogP contribution >= 0.6 is 0 Å². The number of benzene rings is 3. The van der Waals surface area contributed by atoms with Gasteiger partial charge in [-0.2, -0.15) is 0 Å². The first-order valence-corrected chi connectivity index (χ1v) is 11.2. The zero-order valence-corrected chi connectivity index (χ0v) is 19.6. The molecule has 0 N–H and O–H groups in total. The molecule has 0 bridgehead atoms. The molecule has 0 aromatic heterocycles. The quantitative estimate of drug-likeness (QED) is 0.490. The minimum Gasteiger partial charge on any atom is -0.497 e. The van der Waals surface area contributed by atoms with E-state index in [2.05, 4.69) is 0 Å². The van der Waals surface area contributed by atoms with Crippen molar-refractivity contribution in [2.24, 2.45) is 0 Å². The van der Waals surface area contributed by atoms with Crippen LogP contribution in [0.2, 0.25) is 0 Å². The lowest BCUT2D eigenvalue weighted by atomic mass is 9.75. The zero-order valence-electron chi connectivity index (χ0n) is 19.6. The molecule has 6 nitrogen and oxygen atoms in total. The molecule has 0 saturated heterocycles. The highest BCUT2D eigenvalue weighted by Gasteiger charge is 2.63. The summed E-state index contributed by atoms with van der Waals surface area (Å²) in [5.41, 5.74) is 1.89. The monoisotopic (exact) mass is 458 g/mol. The maximum Gasteiger partial charge on any atom is 0.210 e. The third kappa shape index (κ3) is 3.05. The van der Waals surface area contributed by atoms with Gasteiger partial charge in [0.1, 0.15) is 23.0 Å². The van der Waals surface area contributed by atoms with E-state index < -0.39 is 11.5 Å². The van der Waals surface area contributed by atoms with Crippen molar-refractivity contribution in [3.8, 4) is 23.0 Å². The SMILES string of the molecule is CCOC1=C2c3c(OC)cc(OC)cc3O[C@@]2(c2ccc(OC)cc2)[C@H](c2ccccc2)C1=O. The molecule has 5 rings (SSSR count). The van der Waals surface area contributed by atoms with Gasteiger partial charge in [0.25, 0.3) is 0 Å². The van der Waals surface area contributed by atoms with Crippen LogP contribution in [-0.2, 0) is 15.1 Å². The van der Waals surface area contributed by atoms with Gasteiger partial charge < -0.3 is 23.7 Å². The minimum atomic E-state index is -1.14. The number of hydrogen-bond acceptors (Lipinski definition) is 6. The smallest absolute Gasteiger partial charge is 0.210 e. The van der Waals surface area contributed by atoms with E-state index in [1.807, 2.05) is 67.6 Å². The van der Waals surface area contributed by atoms with Crippen LogP contribution in [0.15, 0.2) is 72.5 Å². The molecule has 1 aliphatic heterocycles. The number of fused-ring (bicyclic) bond motifs is 3. The molecule has 0 saturated carbocycles. The average molecular weight is 459 g/mol. The van der Waals surface area contributed by atoms with Crippen molar-refractivity contribution in [1.29, 1.82) is 0 Å². The van der Waals surface area contributed by atoms with Crippen molar-refractivity contribution in [3.05, 3.63) is 89.2 Å². The number of carbonyl (C=O) groups excluding carboxylic acids is 1. The Bertz CT molecular complexity index is 1260. The van der Waals surface area contributed by atoms with Gasteiger partial charge in [0.2, 0.25) is 5.78 Å². The molecule has 174 valence electrons. The predicted octanol–water partition coefficient (Wildman–Crippen LogP) is 5.11. The lowest BCUT2D eigenvalue weighted by molar-refractivity contribution is -0.121. The van der Waals surface area contributed by atoms with Crippen LogP contribution < -0.4 is 18.9 Å². The number of rotatable bonds is 7.